The van der Waals surface area contributed by atoms with Crippen LogP contribution in [0.5, 0.6) is 0 Å². The number of carbonyl (C=O) groups is 1. The van der Waals surface area contributed by atoms with Crippen LogP contribution in [0.4, 0.5) is 9.52 Å². The van der Waals surface area contributed by atoms with Crippen LogP contribution in [0.1, 0.15) is 15.2 Å². The maximum atomic E-state index is 13.1. The molecule has 28 heavy (non-hydrogen) atoms. The van der Waals surface area contributed by atoms with E-state index in [2.05, 4.69) is 41.9 Å². The molecule has 0 aliphatic carbocycles. The highest BCUT2D eigenvalue weighted by Crippen LogP contribution is 2.33. The quantitative estimate of drug-likeness (QED) is 0.214. The molecule has 2 heterocycles. The molecule has 0 aliphatic rings. The van der Waals surface area contributed by atoms with E-state index in [4.69, 9.17) is 0 Å². The van der Waals surface area contributed by atoms with Crippen LogP contribution in [0.2, 0.25) is 0 Å². The van der Waals surface area contributed by atoms with Crippen molar-refractivity contribution < 1.29 is 9.18 Å². The highest BCUT2D eigenvalue weighted by molar-refractivity contribution is 9.11. The number of anilines is 1. The van der Waals surface area contributed by atoms with E-state index in [0.29, 0.717) is 15.6 Å². The van der Waals surface area contributed by atoms with Crippen LogP contribution >= 0.6 is 54.5 Å². The fourth-order valence-corrected chi connectivity index (χ4v) is 5.16. The summed E-state index contributed by atoms with van der Waals surface area (Å²) >= 11 is 9.52. The van der Waals surface area contributed by atoms with E-state index < -0.39 is 0 Å². The van der Waals surface area contributed by atoms with E-state index in [1.54, 1.807) is 18.2 Å². The predicted octanol–water partition coefficient (Wildman–Crippen LogP) is 6.70. The third-order valence-electron chi connectivity index (χ3n) is 3.69. The molecule has 1 amide bonds. The smallest absolute Gasteiger partial charge is 0.266 e. The van der Waals surface area contributed by atoms with Gasteiger partial charge in [-0.05, 0) is 64.0 Å². The van der Waals surface area contributed by atoms with Gasteiger partial charge in [0.05, 0.1) is 25.1 Å². The maximum Gasteiger partial charge on any atom is 0.290 e. The summed E-state index contributed by atoms with van der Waals surface area (Å²) in [6.07, 6.45) is 1.52. The highest BCUT2D eigenvalue weighted by Gasteiger charge is 2.22. The fourth-order valence-electron chi connectivity index (χ4n) is 2.37. The summed E-state index contributed by atoms with van der Waals surface area (Å²) in [5.74, 6) is -0.613. The molecule has 0 saturated heterocycles. The zero-order chi connectivity index (χ0) is 19.7. The number of thiophene rings is 1. The van der Waals surface area contributed by atoms with Crippen LogP contribution in [-0.2, 0) is 0 Å². The Morgan fingerprint density at radius 2 is 1.86 bits per heavy atom. The summed E-state index contributed by atoms with van der Waals surface area (Å²) in [7, 11) is 0. The Kier molecular flexibility index (Phi) is 5.68. The van der Waals surface area contributed by atoms with Gasteiger partial charge in [-0.25, -0.2) is 9.37 Å². The van der Waals surface area contributed by atoms with E-state index in [-0.39, 0.29) is 11.7 Å². The number of amides is 1. The number of hydrogen-bond acceptors (Lipinski definition) is 5. The number of rotatable bonds is 4. The first-order valence-electron chi connectivity index (χ1n) is 7.95. The minimum Gasteiger partial charge on any atom is -0.266 e. The molecule has 0 spiro atoms. The Labute approximate surface area is 184 Å². The van der Waals surface area contributed by atoms with Gasteiger partial charge in [0.15, 0.2) is 0 Å². The summed E-state index contributed by atoms with van der Waals surface area (Å²) < 4.78 is 15.9. The lowest BCUT2D eigenvalue weighted by molar-refractivity contribution is 0.0991. The number of hydrazone groups is 1. The van der Waals surface area contributed by atoms with Gasteiger partial charge in [-0.3, -0.25) is 4.79 Å². The SMILES string of the molecule is O=C(c1ccc(Br)s1)N(/N=C/c1ccc(F)cc1)c1nc2ccc(Br)cc2s1. The van der Waals surface area contributed by atoms with Gasteiger partial charge in [0.1, 0.15) is 5.82 Å². The third-order valence-corrected chi connectivity index (χ3v) is 6.79. The van der Waals surface area contributed by atoms with Crippen molar-refractivity contribution in [3.63, 3.8) is 0 Å². The van der Waals surface area contributed by atoms with Gasteiger partial charge in [-0.15, -0.1) is 11.3 Å². The van der Waals surface area contributed by atoms with Crippen LogP contribution in [0.15, 0.2) is 68.0 Å². The van der Waals surface area contributed by atoms with Crippen molar-refractivity contribution in [2.75, 3.05) is 5.01 Å². The van der Waals surface area contributed by atoms with Crippen molar-refractivity contribution in [2.45, 2.75) is 0 Å². The lowest BCUT2D eigenvalue weighted by Gasteiger charge is -2.12. The molecular formula is C19H10Br2FN3OS2. The van der Waals surface area contributed by atoms with Gasteiger partial charge in [0.25, 0.3) is 5.91 Å². The molecule has 0 unspecified atom stereocenters. The van der Waals surface area contributed by atoms with Gasteiger partial charge >= 0.3 is 0 Å². The molecule has 4 aromatic rings. The monoisotopic (exact) mass is 537 g/mol. The summed E-state index contributed by atoms with van der Waals surface area (Å²) in [6.45, 7) is 0. The van der Waals surface area contributed by atoms with Gasteiger partial charge in [0.2, 0.25) is 5.13 Å². The minimum atomic E-state index is -0.328. The first-order valence-corrected chi connectivity index (χ1v) is 11.2. The lowest BCUT2D eigenvalue weighted by atomic mass is 10.2. The van der Waals surface area contributed by atoms with Crippen molar-refractivity contribution in [2.24, 2.45) is 5.10 Å². The van der Waals surface area contributed by atoms with Crippen LogP contribution in [-0.4, -0.2) is 17.1 Å². The number of thiazole rings is 1. The Hall–Kier alpha value is -1.94. The number of aromatic nitrogens is 1. The standard InChI is InChI=1S/C19H10Br2FN3OS2/c20-12-3-6-14-16(9-12)28-19(24-14)25(18(26)15-7-8-17(21)27-15)23-10-11-1-4-13(22)5-2-11/h1-10H/b23-10+. The van der Waals surface area contributed by atoms with Gasteiger partial charge in [-0.2, -0.15) is 10.1 Å². The average Bonchev–Trinajstić information content (AvgIpc) is 3.29. The molecule has 4 rings (SSSR count). The summed E-state index contributed by atoms with van der Waals surface area (Å²) in [4.78, 5) is 18.2. The Balaban J connectivity index is 1.75. The van der Waals surface area contributed by atoms with E-state index >= 15 is 0 Å². The van der Waals surface area contributed by atoms with Gasteiger partial charge < -0.3 is 0 Å². The van der Waals surface area contributed by atoms with Crippen LogP contribution in [0.25, 0.3) is 10.2 Å². The maximum absolute atomic E-state index is 13.1. The first-order chi connectivity index (χ1) is 13.5. The Morgan fingerprint density at radius 1 is 1.07 bits per heavy atom. The van der Waals surface area contributed by atoms with Crippen LogP contribution in [0.3, 0.4) is 0 Å². The zero-order valence-corrected chi connectivity index (χ0v) is 18.8. The van der Waals surface area contributed by atoms with Crippen molar-refractivity contribution in [1.82, 2.24) is 4.98 Å². The number of hydrogen-bond donors (Lipinski definition) is 0. The number of carbonyl (C=O) groups excluding carboxylic acids is 1. The number of fused-ring (bicyclic) bond motifs is 1. The second-order valence-electron chi connectivity index (χ2n) is 5.63. The second kappa shape index (κ2) is 8.20. The van der Waals surface area contributed by atoms with Crippen LogP contribution in [0, 0.1) is 5.82 Å². The van der Waals surface area contributed by atoms with E-state index in [0.717, 1.165) is 18.5 Å². The molecule has 2 aromatic heterocycles. The second-order valence-corrected chi connectivity index (χ2v) is 10.0. The number of benzene rings is 2. The first kappa shape index (κ1) is 19.4. The van der Waals surface area contributed by atoms with Gasteiger partial charge in [0, 0.05) is 4.47 Å². The molecule has 0 atom stereocenters. The zero-order valence-electron chi connectivity index (χ0n) is 14.0. The molecule has 9 heteroatoms. The van der Waals surface area contributed by atoms with E-state index in [1.807, 2.05) is 24.3 Å². The average molecular weight is 539 g/mol. The molecule has 0 aliphatic heterocycles. The normalized spacial score (nSPS) is 11.4. The molecule has 0 radical (unpaired) electrons. The summed E-state index contributed by atoms with van der Waals surface area (Å²) in [6, 6.07) is 15.2. The molecule has 2 aromatic carbocycles. The van der Waals surface area contributed by atoms with Crippen molar-refractivity contribution >= 4 is 82.0 Å². The van der Waals surface area contributed by atoms with Crippen molar-refractivity contribution in [3.8, 4) is 0 Å². The summed E-state index contributed by atoms with van der Waals surface area (Å²) in [5.41, 5.74) is 1.46. The topological polar surface area (TPSA) is 45.6 Å². The molecule has 0 fully saturated rings. The minimum absolute atomic E-state index is 0.285. The van der Waals surface area contributed by atoms with Crippen molar-refractivity contribution in [3.05, 3.63) is 79.1 Å². The highest BCUT2D eigenvalue weighted by atomic mass is 79.9. The molecule has 0 N–H and O–H groups in total. The molecular weight excluding hydrogens is 529 g/mol. The molecule has 140 valence electrons. The van der Waals surface area contributed by atoms with E-state index in [1.165, 1.54) is 46.0 Å². The Bertz CT molecular complexity index is 1190. The lowest BCUT2D eigenvalue weighted by Crippen LogP contribution is -2.24. The number of halogens is 3. The summed E-state index contributed by atoms with van der Waals surface area (Å²) in [5, 5.41) is 6.10. The largest absolute Gasteiger partial charge is 0.290 e. The van der Waals surface area contributed by atoms with Crippen molar-refractivity contribution in [1.29, 1.82) is 0 Å². The number of nitrogens with zero attached hydrogens (tertiary/aromatic N) is 3. The van der Waals surface area contributed by atoms with Gasteiger partial charge in [-0.1, -0.05) is 39.4 Å². The fraction of sp³-hybridized carbons (Fsp3) is 0. The molecule has 4 nitrogen and oxygen atoms in total. The third kappa shape index (κ3) is 4.22. The van der Waals surface area contributed by atoms with Crippen LogP contribution < -0.4 is 5.01 Å². The van der Waals surface area contributed by atoms with E-state index in [9.17, 15) is 9.18 Å². The molecule has 0 bridgehead atoms. The Morgan fingerprint density at radius 3 is 2.57 bits per heavy atom. The molecule has 0 saturated carbocycles. The predicted molar refractivity (Wildman–Crippen MR) is 120 cm³/mol.